The van der Waals surface area contributed by atoms with Crippen LogP contribution >= 0.6 is 11.3 Å². The molecular formula is C15H15FN2O2S. The average Bonchev–Trinajstić information content (AvgIpc) is 2.83. The molecule has 0 aliphatic rings. The van der Waals surface area contributed by atoms with Crippen LogP contribution in [0.3, 0.4) is 0 Å². The van der Waals surface area contributed by atoms with Crippen molar-refractivity contribution >= 4 is 28.2 Å². The topological polar surface area (TPSA) is 72.2 Å². The highest BCUT2D eigenvalue weighted by Crippen LogP contribution is 2.32. The van der Waals surface area contributed by atoms with Gasteiger partial charge in [0.15, 0.2) is 0 Å². The Bertz CT molecular complexity index is 677. The summed E-state index contributed by atoms with van der Waals surface area (Å²) in [5.74, 6) is -1.19. The minimum absolute atomic E-state index is 0.226. The number of amides is 2. The standard InChI is InChI=1S/C15H15FN2O2S/c1-8(2)12-7-11(13(17)19)15(21-12)18-14(20)9-3-5-10(16)6-4-9/h3-8H,1-2H3,(H2,17,19)(H,18,20). The first-order valence-electron chi connectivity index (χ1n) is 6.39. The fraction of sp³-hybridized carbons (Fsp3) is 0.200. The third-order valence-corrected chi connectivity index (χ3v) is 4.27. The fourth-order valence-corrected chi connectivity index (χ4v) is 2.81. The van der Waals surface area contributed by atoms with Crippen LogP contribution in [0.5, 0.6) is 0 Å². The Balaban J connectivity index is 2.28. The molecule has 0 bridgehead atoms. The van der Waals surface area contributed by atoms with E-state index in [0.717, 1.165) is 4.88 Å². The zero-order valence-electron chi connectivity index (χ0n) is 11.6. The summed E-state index contributed by atoms with van der Waals surface area (Å²) in [5.41, 5.74) is 5.93. The van der Waals surface area contributed by atoms with Crippen molar-refractivity contribution in [1.82, 2.24) is 0 Å². The van der Waals surface area contributed by atoms with E-state index in [1.807, 2.05) is 13.8 Å². The van der Waals surface area contributed by atoms with Gasteiger partial charge < -0.3 is 11.1 Å². The monoisotopic (exact) mass is 306 g/mol. The van der Waals surface area contributed by atoms with E-state index in [0.29, 0.717) is 16.1 Å². The first kappa shape index (κ1) is 15.2. The highest BCUT2D eigenvalue weighted by atomic mass is 32.1. The van der Waals surface area contributed by atoms with Crippen LogP contribution in [0.2, 0.25) is 0 Å². The van der Waals surface area contributed by atoms with Crippen molar-refractivity contribution in [2.75, 3.05) is 5.32 Å². The molecule has 2 amide bonds. The van der Waals surface area contributed by atoms with E-state index in [2.05, 4.69) is 5.32 Å². The minimum Gasteiger partial charge on any atom is -0.366 e. The molecular weight excluding hydrogens is 291 g/mol. The summed E-state index contributed by atoms with van der Waals surface area (Å²) in [7, 11) is 0. The molecule has 2 rings (SSSR count). The lowest BCUT2D eigenvalue weighted by atomic mass is 10.1. The zero-order chi connectivity index (χ0) is 15.6. The van der Waals surface area contributed by atoms with Gasteiger partial charge in [-0.3, -0.25) is 9.59 Å². The number of hydrogen-bond donors (Lipinski definition) is 2. The summed E-state index contributed by atoms with van der Waals surface area (Å²) in [6.07, 6.45) is 0. The first-order valence-corrected chi connectivity index (χ1v) is 7.20. The van der Waals surface area contributed by atoms with Gasteiger partial charge in [-0.15, -0.1) is 11.3 Å². The summed E-state index contributed by atoms with van der Waals surface area (Å²) < 4.78 is 12.8. The smallest absolute Gasteiger partial charge is 0.256 e. The Morgan fingerprint density at radius 1 is 1.24 bits per heavy atom. The van der Waals surface area contributed by atoms with Gasteiger partial charge in [0, 0.05) is 10.4 Å². The molecule has 1 aromatic carbocycles. The lowest BCUT2D eigenvalue weighted by molar-refractivity contribution is 0.100. The van der Waals surface area contributed by atoms with Gasteiger partial charge in [-0.05, 0) is 36.2 Å². The Kier molecular flexibility index (Phi) is 4.37. The summed E-state index contributed by atoms with van der Waals surface area (Å²) in [5, 5.41) is 3.08. The molecule has 0 radical (unpaired) electrons. The second kappa shape index (κ2) is 6.05. The second-order valence-electron chi connectivity index (χ2n) is 4.87. The molecule has 0 saturated carbocycles. The van der Waals surface area contributed by atoms with Gasteiger partial charge in [0.25, 0.3) is 11.8 Å². The lowest BCUT2D eigenvalue weighted by Crippen LogP contribution is -2.16. The molecule has 0 atom stereocenters. The van der Waals surface area contributed by atoms with Crippen LogP contribution in [0, 0.1) is 5.82 Å². The van der Waals surface area contributed by atoms with Crippen LogP contribution in [0.15, 0.2) is 30.3 Å². The summed E-state index contributed by atoms with van der Waals surface area (Å²) in [4.78, 5) is 24.5. The molecule has 21 heavy (non-hydrogen) atoms. The molecule has 0 aliphatic carbocycles. The number of anilines is 1. The average molecular weight is 306 g/mol. The van der Waals surface area contributed by atoms with Gasteiger partial charge in [0.1, 0.15) is 10.8 Å². The number of nitrogens with two attached hydrogens (primary N) is 1. The number of halogens is 1. The van der Waals surface area contributed by atoms with E-state index in [1.165, 1.54) is 35.6 Å². The molecule has 0 spiro atoms. The largest absolute Gasteiger partial charge is 0.366 e. The van der Waals surface area contributed by atoms with Crippen molar-refractivity contribution in [3.05, 3.63) is 52.2 Å². The lowest BCUT2D eigenvalue weighted by Gasteiger charge is -2.04. The maximum Gasteiger partial charge on any atom is 0.256 e. The summed E-state index contributed by atoms with van der Waals surface area (Å²) in [6.45, 7) is 3.98. The van der Waals surface area contributed by atoms with Crippen molar-refractivity contribution < 1.29 is 14.0 Å². The molecule has 4 nitrogen and oxygen atoms in total. The van der Waals surface area contributed by atoms with Crippen molar-refractivity contribution in [2.45, 2.75) is 19.8 Å². The third-order valence-electron chi connectivity index (χ3n) is 2.92. The van der Waals surface area contributed by atoms with Crippen molar-refractivity contribution in [3.8, 4) is 0 Å². The van der Waals surface area contributed by atoms with Crippen LogP contribution in [0.4, 0.5) is 9.39 Å². The molecule has 2 aromatic rings. The van der Waals surface area contributed by atoms with Crippen molar-refractivity contribution in [2.24, 2.45) is 5.73 Å². The number of carbonyl (C=O) groups excluding carboxylic acids is 2. The molecule has 0 fully saturated rings. The number of hydrogen-bond acceptors (Lipinski definition) is 3. The molecule has 3 N–H and O–H groups in total. The van der Waals surface area contributed by atoms with Gasteiger partial charge in [0.05, 0.1) is 5.56 Å². The predicted molar refractivity (Wildman–Crippen MR) is 81.3 cm³/mol. The van der Waals surface area contributed by atoms with Crippen LogP contribution < -0.4 is 11.1 Å². The molecule has 0 aliphatic heterocycles. The Morgan fingerprint density at radius 3 is 2.38 bits per heavy atom. The molecule has 1 aromatic heterocycles. The van der Waals surface area contributed by atoms with E-state index in [4.69, 9.17) is 5.73 Å². The molecule has 0 saturated heterocycles. The number of benzene rings is 1. The fourth-order valence-electron chi connectivity index (χ4n) is 1.75. The van der Waals surface area contributed by atoms with Crippen molar-refractivity contribution in [3.63, 3.8) is 0 Å². The Morgan fingerprint density at radius 2 is 1.86 bits per heavy atom. The predicted octanol–water partition coefficient (Wildman–Crippen LogP) is 3.36. The SMILES string of the molecule is CC(C)c1cc(C(N)=O)c(NC(=O)c2ccc(F)cc2)s1. The molecule has 110 valence electrons. The highest BCUT2D eigenvalue weighted by molar-refractivity contribution is 7.16. The molecule has 6 heteroatoms. The van der Waals surface area contributed by atoms with Crippen LogP contribution in [0.25, 0.3) is 0 Å². The minimum atomic E-state index is -0.590. The molecule has 1 heterocycles. The van der Waals surface area contributed by atoms with Crippen LogP contribution in [-0.2, 0) is 0 Å². The summed E-state index contributed by atoms with van der Waals surface area (Å²) >= 11 is 1.32. The Hall–Kier alpha value is -2.21. The van der Waals surface area contributed by atoms with E-state index < -0.39 is 17.6 Å². The van der Waals surface area contributed by atoms with Crippen LogP contribution in [-0.4, -0.2) is 11.8 Å². The van der Waals surface area contributed by atoms with E-state index in [1.54, 1.807) is 6.07 Å². The summed E-state index contributed by atoms with van der Waals surface area (Å²) in [6, 6.07) is 6.87. The van der Waals surface area contributed by atoms with Gasteiger partial charge >= 0.3 is 0 Å². The van der Waals surface area contributed by atoms with Crippen molar-refractivity contribution in [1.29, 1.82) is 0 Å². The first-order chi connectivity index (χ1) is 9.88. The maximum absolute atomic E-state index is 12.8. The van der Waals surface area contributed by atoms with Gasteiger partial charge in [-0.1, -0.05) is 13.8 Å². The number of nitrogens with one attached hydrogen (secondary N) is 1. The normalized spacial score (nSPS) is 10.7. The zero-order valence-corrected chi connectivity index (χ0v) is 12.5. The number of thiophene rings is 1. The second-order valence-corrected chi connectivity index (χ2v) is 5.96. The number of primary amides is 1. The van der Waals surface area contributed by atoms with Crippen LogP contribution in [0.1, 0.15) is 45.4 Å². The highest BCUT2D eigenvalue weighted by Gasteiger charge is 2.18. The quantitative estimate of drug-likeness (QED) is 0.909. The maximum atomic E-state index is 12.8. The van der Waals surface area contributed by atoms with E-state index in [-0.39, 0.29) is 5.92 Å². The Labute approximate surface area is 125 Å². The third kappa shape index (κ3) is 3.46. The van der Waals surface area contributed by atoms with E-state index in [9.17, 15) is 14.0 Å². The number of carbonyl (C=O) groups is 2. The molecule has 0 unspecified atom stereocenters. The van der Waals surface area contributed by atoms with Gasteiger partial charge in [-0.2, -0.15) is 0 Å². The van der Waals surface area contributed by atoms with Gasteiger partial charge in [0.2, 0.25) is 0 Å². The van der Waals surface area contributed by atoms with E-state index >= 15 is 0 Å². The number of rotatable bonds is 4. The van der Waals surface area contributed by atoms with Gasteiger partial charge in [-0.25, -0.2) is 4.39 Å².